The van der Waals surface area contributed by atoms with Gasteiger partial charge in [0.25, 0.3) is 5.91 Å². The first-order valence-electron chi connectivity index (χ1n) is 9.68. The number of methoxy groups -OCH3 is 1. The van der Waals surface area contributed by atoms with Gasteiger partial charge < -0.3 is 14.8 Å². The normalized spacial score (nSPS) is 30.0. The summed E-state index contributed by atoms with van der Waals surface area (Å²) in [6.45, 7) is -0.388. The number of nitrogens with one attached hydrogen (secondary N) is 1. The highest BCUT2D eigenvalue weighted by Gasteiger charge is 2.51. The number of nitrogens with zero attached hydrogens (tertiary/aromatic N) is 1. The smallest absolute Gasteiger partial charge is 0.338 e. The van der Waals surface area contributed by atoms with Gasteiger partial charge in [-0.3, -0.25) is 14.9 Å². The van der Waals surface area contributed by atoms with Crippen molar-refractivity contribution in [3.05, 3.63) is 33.9 Å². The predicted octanol–water partition coefficient (Wildman–Crippen LogP) is 2.85. The molecule has 1 aromatic carbocycles. The van der Waals surface area contributed by atoms with Gasteiger partial charge in [-0.15, -0.1) is 0 Å². The minimum atomic E-state index is -0.772. The lowest BCUT2D eigenvalue weighted by atomic mass is 9.53. The molecule has 0 unspecified atom stereocenters. The molecule has 1 aromatic rings. The second-order valence-electron chi connectivity index (χ2n) is 8.47. The molecule has 8 nitrogen and oxygen atoms in total. The van der Waals surface area contributed by atoms with Crippen LogP contribution in [-0.2, 0) is 9.53 Å². The van der Waals surface area contributed by atoms with E-state index in [1.54, 1.807) is 0 Å². The summed E-state index contributed by atoms with van der Waals surface area (Å²) in [6.07, 6.45) is 6.89. The van der Waals surface area contributed by atoms with Crippen molar-refractivity contribution >= 4 is 17.6 Å². The minimum Gasteiger partial charge on any atom is -0.490 e. The van der Waals surface area contributed by atoms with Crippen molar-refractivity contribution in [3.8, 4) is 5.75 Å². The predicted molar refractivity (Wildman–Crippen MR) is 99.0 cm³/mol. The monoisotopic (exact) mass is 388 g/mol. The van der Waals surface area contributed by atoms with Crippen molar-refractivity contribution in [2.24, 2.45) is 17.8 Å². The zero-order chi connectivity index (χ0) is 19.9. The van der Waals surface area contributed by atoms with Gasteiger partial charge in [-0.1, -0.05) is 0 Å². The molecular weight excluding hydrogens is 364 g/mol. The Morgan fingerprint density at radius 1 is 1.18 bits per heavy atom. The number of ether oxygens (including phenoxy) is 2. The molecule has 0 atom stereocenters. The third-order valence-corrected chi connectivity index (χ3v) is 6.39. The third kappa shape index (κ3) is 3.55. The number of hydrogen-bond donors (Lipinski definition) is 1. The van der Waals surface area contributed by atoms with Gasteiger partial charge in [0, 0.05) is 11.6 Å². The highest BCUT2D eigenvalue weighted by atomic mass is 16.6. The van der Waals surface area contributed by atoms with E-state index in [9.17, 15) is 19.7 Å². The number of amides is 1. The zero-order valence-corrected chi connectivity index (χ0v) is 15.8. The number of carbonyl (C=O) groups excluding carboxylic acids is 2. The quantitative estimate of drug-likeness (QED) is 0.456. The third-order valence-electron chi connectivity index (χ3n) is 6.39. The molecule has 1 N–H and O–H groups in total. The van der Waals surface area contributed by atoms with Gasteiger partial charge in [-0.2, -0.15) is 0 Å². The van der Waals surface area contributed by atoms with Gasteiger partial charge in [0.05, 0.1) is 17.6 Å². The average Bonchev–Trinajstić information content (AvgIpc) is 2.64. The summed E-state index contributed by atoms with van der Waals surface area (Å²) in [7, 11) is 1.31. The van der Waals surface area contributed by atoms with Crippen LogP contribution < -0.4 is 10.1 Å². The van der Waals surface area contributed by atoms with Gasteiger partial charge in [-0.05, 0) is 68.4 Å². The maximum Gasteiger partial charge on any atom is 0.338 e. The lowest BCUT2D eigenvalue weighted by Gasteiger charge is -2.56. The van der Waals surface area contributed by atoms with Gasteiger partial charge >= 0.3 is 11.7 Å². The summed E-state index contributed by atoms with van der Waals surface area (Å²) in [6, 6.07) is 3.81. The van der Waals surface area contributed by atoms with Gasteiger partial charge in [0.15, 0.2) is 12.4 Å². The van der Waals surface area contributed by atoms with Crippen molar-refractivity contribution in [1.29, 1.82) is 0 Å². The first-order valence-corrected chi connectivity index (χ1v) is 9.68. The molecule has 150 valence electrons. The van der Waals surface area contributed by atoms with Crippen LogP contribution in [-0.4, -0.2) is 36.1 Å². The SMILES string of the molecule is COc1ccc(C(=O)OCC(=O)NC23CC4CC(CC(C4)C2)C3)cc1[N+](=O)[O-]. The fraction of sp³-hybridized carbons (Fsp3) is 0.600. The van der Waals surface area contributed by atoms with E-state index >= 15 is 0 Å². The van der Waals surface area contributed by atoms with E-state index in [1.165, 1.54) is 38.5 Å². The van der Waals surface area contributed by atoms with Gasteiger partial charge in [-0.25, -0.2) is 4.79 Å². The number of esters is 1. The topological polar surface area (TPSA) is 108 Å². The molecule has 4 fully saturated rings. The molecule has 0 aliphatic heterocycles. The van der Waals surface area contributed by atoms with Crippen LogP contribution in [0.1, 0.15) is 48.9 Å². The highest BCUT2D eigenvalue weighted by Crippen LogP contribution is 2.55. The molecular formula is C20H24N2O6. The van der Waals surface area contributed by atoms with E-state index in [-0.39, 0.29) is 35.1 Å². The molecule has 4 bridgehead atoms. The van der Waals surface area contributed by atoms with E-state index in [0.717, 1.165) is 25.3 Å². The Hall–Kier alpha value is -2.64. The number of benzene rings is 1. The van der Waals surface area contributed by atoms with Crippen molar-refractivity contribution in [1.82, 2.24) is 5.32 Å². The molecule has 8 heteroatoms. The maximum absolute atomic E-state index is 12.4. The van der Waals surface area contributed by atoms with Crippen LogP contribution in [0.2, 0.25) is 0 Å². The van der Waals surface area contributed by atoms with Gasteiger partial charge in [0.2, 0.25) is 0 Å². The lowest BCUT2D eigenvalue weighted by Crippen LogP contribution is -2.60. The standard InChI is InChI=1S/C20H24N2O6/c1-27-17-3-2-15(7-16(17)22(25)26)19(24)28-11-18(23)21-20-8-12-4-13(9-20)6-14(5-12)10-20/h2-3,7,12-14H,4-6,8-11H2,1H3,(H,21,23). The molecule has 4 aliphatic rings. The van der Waals surface area contributed by atoms with Crippen LogP contribution >= 0.6 is 0 Å². The maximum atomic E-state index is 12.4. The van der Waals surface area contributed by atoms with E-state index in [0.29, 0.717) is 17.8 Å². The largest absolute Gasteiger partial charge is 0.490 e. The Morgan fingerprint density at radius 3 is 2.32 bits per heavy atom. The number of nitro benzene ring substituents is 1. The Morgan fingerprint density at radius 2 is 1.79 bits per heavy atom. The van der Waals surface area contributed by atoms with Crippen LogP contribution in [0.3, 0.4) is 0 Å². The molecule has 4 aliphatic carbocycles. The van der Waals surface area contributed by atoms with Crippen molar-refractivity contribution in [2.75, 3.05) is 13.7 Å². The van der Waals surface area contributed by atoms with E-state index in [1.807, 2.05) is 0 Å². The molecule has 0 spiro atoms. The first-order chi connectivity index (χ1) is 13.4. The fourth-order valence-corrected chi connectivity index (χ4v) is 5.77. The molecule has 1 amide bonds. The van der Waals surface area contributed by atoms with E-state index < -0.39 is 10.9 Å². The van der Waals surface area contributed by atoms with Crippen LogP contribution in [0.4, 0.5) is 5.69 Å². The summed E-state index contributed by atoms with van der Waals surface area (Å²) in [5.74, 6) is 1.09. The average molecular weight is 388 g/mol. The number of hydrogen-bond acceptors (Lipinski definition) is 6. The highest BCUT2D eigenvalue weighted by molar-refractivity contribution is 5.92. The molecule has 0 heterocycles. The minimum absolute atomic E-state index is 0.00936. The molecule has 28 heavy (non-hydrogen) atoms. The Labute approximate surface area is 162 Å². The summed E-state index contributed by atoms with van der Waals surface area (Å²) < 4.78 is 10.0. The second kappa shape index (κ2) is 7.07. The molecule has 5 rings (SSSR count). The van der Waals surface area contributed by atoms with Crippen molar-refractivity contribution in [3.63, 3.8) is 0 Å². The van der Waals surface area contributed by atoms with Crippen LogP contribution in [0, 0.1) is 27.9 Å². The van der Waals surface area contributed by atoms with E-state index in [4.69, 9.17) is 9.47 Å². The number of rotatable bonds is 6. The molecule has 0 saturated heterocycles. The summed E-state index contributed by atoms with van der Waals surface area (Å²) >= 11 is 0. The Balaban J connectivity index is 1.36. The lowest BCUT2D eigenvalue weighted by molar-refractivity contribution is -0.385. The molecule has 4 saturated carbocycles. The Kier molecular flexibility index (Phi) is 4.72. The fourth-order valence-electron chi connectivity index (χ4n) is 5.77. The first kappa shape index (κ1) is 18.7. The van der Waals surface area contributed by atoms with Crippen LogP contribution in [0.25, 0.3) is 0 Å². The van der Waals surface area contributed by atoms with Crippen molar-refractivity contribution in [2.45, 2.75) is 44.1 Å². The summed E-state index contributed by atoms with van der Waals surface area (Å²) in [4.78, 5) is 35.1. The Bertz CT molecular complexity index is 786. The van der Waals surface area contributed by atoms with E-state index in [2.05, 4.69) is 5.32 Å². The summed E-state index contributed by atoms with van der Waals surface area (Å²) in [5.41, 5.74) is -0.456. The summed E-state index contributed by atoms with van der Waals surface area (Å²) in [5, 5.41) is 14.2. The molecule has 0 radical (unpaired) electrons. The van der Waals surface area contributed by atoms with Crippen molar-refractivity contribution < 1.29 is 24.0 Å². The number of carbonyl (C=O) groups is 2. The number of nitro groups is 1. The zero-order valence-electron chi connectivity index (χ0n) is 15.8. The van der Waals surface area contributed by atoms with Gasteiger partial charge in [0.1, 0.15) is 0 Å². The van der Waals surface area contributed by atoms with Crippen LogP contribution in [0.15, 0.2) is 18.2 Å². The second-order valence-corrected chi connectivity index (χ2v) is 8.47. The van der Waals surface area contributed by atoms with Crippen LogP contribution in [0.5, 0.6) is 5.75 Å². The molecule has 0 aromatic heterocycles.